The summed E-state index contributed by atoms with van der Waals surface area (Å²) in [6, 6.07) is 0. The second-order valence-corrected chi connectivity index (χ2v) is 7.12. The van der Waals surface area contributed by atoms with Crippen molar-refractivity contribution in [3.8, 4) is 0 Å². The molecule has 1 fully saturated rings. The lowest BCUT2D eigenvalue weighted by molar-refractivity contribution is 0.171. The van der Waals surface area contributed by atoms with E-state index in [-0.39, 0.29) is 18.4 Å². The SMILES string of the molecule is C=C(COCP(=O)(O)O)C1(n2cnc3c(N)nc(N)nc32)CC1. The van der Waals surface area contributed by atoms with Crippen LogP contribution in [0.15, 0.2) is 18.5 Å². The molecule has 124 valence electrons. The normalized spacial score (nSPS) is 16.6. The molecule has 1 saturated carbocycles. The van der Waals surface area contributed by atoms with Gasteiger partial charge in [-0.15, -0.1) is 0 Å². The number of hydrogen-bond donors (Lipinski definition) is 4. The van der Waals surface area contributed by atoms with Crippen molar-refractivity contribution in [1.29, 1.82) is 0 Å². The molecule has 2 aromatic heterocycles. The fourth-order valence-electron chi connectivity index (χ4n) is 2.56. The van der Waals surface area contributed by atoms with Gasteiger partial charge in [0.15, 0.2) is 11.5 Å². The van der Waals surface area contributed by atoms with Crippen molar-refractivity contribution in [1.82, 2.24) is 19.5 Å². The summed E-state index contributed by atoms with van der Waals surface area (Å²) in [5.74, 6) is 0.251. The second-order valence-electron chi connectivity index (χ2n) is 5.53. The zero-order valence-corrected chi connectivity index (χ0v) is 13.1. The Balaban J connectivity index is 1.86. The topological polar surface area (TPSA) is 162 Å². The molecule has 2 aromatic rings. The minimum Gasteiger partial charge on any atom is -0.382 e. The van der Waals surface area contributed by atoms with Crippen LogP contribution in [-0.4, -0.2) is 42.3 Å². The highest BCUT2D eigenvalue weighted by molar-refractivity contribution is 7.51. The van der Waals surface area contributed by atoms with Gasteiger partial charge in [-0.3, -0.25) is 4.57 Å². The van der Waals surface area contributed by atoms with E-state index in [9.17, 15) is 4.57 Å². The third kappa shape index (κ3) is 2.93. The van der Waals surface area contributed by atoms with Gasteiger partial charge in [0.1, 0.15) is 11.9 Å². The molecule has 1 aliphatic carbocycles. The number of nitrogen functional groups attached to an aromatic ring is 2. The fraction of sp³-hybridized carbons (Fsp3) is 0.417. The number of nitrogens with two attached hydrogens (primary N) is 2. The number of hydrogen-bond acceptors (Lipinski definition) is 7. The number of aromatic nitrogens is 4. The van der Waals surface area contributed by atoms with Crippen LogP contribution in [0.1, 0.15) is 12.8 Å². The van der Waals surface area contributed by atoms with Crippen molar-refractivity contribution in [2.24, 2.45) is 0 Å². The van der Waals surface area contributed by atoms with E-state index in [4.69, 9.17) is 26.0 Å². The first-order valence-electron chi connectivity index (χ1n) is 6.80. The van der Waals surface area contributed by atoms with Gasteiger partial charge < -0.3 is 30.6 Å². The molecule has 0 aliphatic heterocycles. The Hall–Kier alpha value is -2.00. The molecule has 1 aliphatic rings. The van der Waals surface area contributed by atoms with Crippen molar-refractivity contribution in [2.75, 3.05) is 24.4 Å². The van der Waals surface area contributed by atoms with Crippen LogP contribution >= 0.6 is 7.60 Å². The molecule has 0 bridgehead atoms. The number of ether oxygens (including phenoxy) is 1. The van der Waals surface area contributed by atoms with Crippen molar-refractivity contribution in [2.45, 2.75) is 18.4 Å². The van der Waals surface area contributed by atoms with Gasteiger partial charge in [-0.25, -0.2) is 4.98 Å². The third-order valence-corrected chi connectivity index (χ3v) is 4.34. The van der Waals surface area contributed by atoms with Crippen LogP contribution in [0.4, 0.5) is 11.8 Å². The van der Waals surface area contributed by atoms with E-state index in [1.165, 1.54) is 0 Å². The molecule has 0 atom stereocenters. The highest BCUT2D eigenvalue weighted by Gasteiger charge is 2.48. The predicted molar refractivity (Wildman–Crippen MR) is 83.4 cm³/mol. The van der Waals surface area contributed by atoms with Gasteiger partial charge in [0.05, 0.1) is 18.5 Å². The van der Waals surface area contributed by atoms with Crippen LogP contribution in [0.3, 0.4) is 0 Å². The van der Waals surface area contributed by atoms with Gasteiger partial charge >= 0.3 is 7.60 Å². The number of fused-ring (bicyclic) bond motifs is 1. The van der Waals surface area contributed by atoms with E-state index in [1.54, 1.807) is 6.33 Å². The summed E-state index contributed by atoms with van der Waals surface area (Å²) in [6.45, 7) is 4.01. The van der Waals surface area contributed by atoms with Crippen LogP contribution in [0.5, 0.6) is 0 Å². The summed E-state index contributed by atoms with van der Waals surface area (Å²) in [7, 11) is -4.20. The second kappa shape index (κ2) is 5.27. The molecule has 3 rings (SSSR count). The Labute approximate surface area is 131 Å². The van der Waals surface area contributed by atoms with Crippen molar-refractivity contribution in [3.05, 3.63) is 18.5 Å². The maximum atomic E-state index is 10.8. The van der Waals surface area contributed by atoms with E-state index < -0.39 is 19.5 Å². The molecule has 23 heavy (non-hydrogen) atoms. The third-order valence-electron chi connectivity index (χ3n) is 3.82. The molecule has 0 aromatic carbocycles. The number of rotatable bonds is 6. The molecule has 11 heteroatoms. The molecule has 0 unspecified atom stereocenters. The summed E-state index contributed by atoms with van der Waals surface area (Å²) in [6.07, 6.45) is 2.53. The molecule has 0 spiro atoms. The highest BCUT2D eigenvalue weighted by atomic mass is 31.2. The summed E-state index contributed by atoms with van der Waals surface area (Å²) in [4.78, 5) is 29.9. The van der Waals surface area contributed by atoms with E-state index >= 15 is 0 Å². The molecule has 6 N–H and O–H groups in total. The van der Waals surface area contributed by atoms with Crippen LogP contribution in [-0.2, 0) is 14.8 Å². The molecule has 0 radical (unpaired) electrons. The molecule has 0 saturated heterocycles. The lowest BCUT2D eigenvalue weighted by atomic mass is 10.1. The zero-order chi connectivity index (χ0) is 16.8. The Morgan fingerprint density at radius 3 is 2.74 bits per heavy atom. The Morgan fingerprint density at radius 2 is 2.13 bits per heavy atom. The minimum atomic E-state index is -4.20. The van der Waals surface area contributed by atoms with Crippen molar-refractivity contribution < 1.29 is 19.1 Å². The number of nitrogens with zero attached hydrogens (tertiary/aromatic N) is 4. The van der Waals surface area contributed by atoms with Crippen molar-refractivity contribution >= 4 is 30.5 Å². The Morgan fingerprint density at radius 1 is 1.43 bits per heavy atom. The number of anilines is 2. The molecular weight excluding hydrogens is 323 g/mol. The molecule has 0 amide bonds. The van der Waals surface area contributed by atoms with Crippen molar-refractivity contribution in [3.63, 3.8) is 0 Å². The van der Waals surface area contributed by atoms with Crippen LogP contribution in [0.2, 0.25) is 0 Å². The fourth-order valence-corrected chi connectivity index (χ4v) is 2.89. The van der Waals surface area contributed by atoms with Gasteiger partial charge in [0.2, 0.25) is 5.95 Å². The standard InChI is InChI=1S/C12H17N6O4P/c1-7(4-22-6-23(19,20)21)12(2-3-12)18-5-15-8-9(13)16-11(14)17-10(8)18/h5H,1-4,6H2,(H2,19,20,21)(H4,13,14,16,17). The smallest absolute Gasteiger partial charge is 0.350 e. The predicted octanol–water partition coefficient (Wildman–Crippen LogP) is 0.188. The lowest BCUT2D eigenvalue weighted by Gasteiger charge is -2.21. The minimum absolute atomic E-state index is 0.0286. The lowest BCUT2D eigenvalue weighted by Crippen LogP contribution is -2.22. The Bertz CT molecular complexity index is 824. The summed E-state index contributed by atoms with van der Waals surface area (Å²) >= 11 is 0. The highest BCUT2D eigenvalue weighted by Crippen LogP contribution is 2.50. The maximum absolute atomic E-state index is 10.8. The average Bonchev–Trinajstić information content (AvgIpc) is 3.12. The van der Waals surface area contributed by atoms with Gasteiger partial charge in [-0.1, -0.05) is 6.58 Å². The van der Waals surface area contributed by atoms with Crippen LogP contribution in [0.25, 0.3) is 11.2 Å². The largest absolute Gasteiger partial charge is 0.382 e. The Kier molecular flexibility index (Phi) is 3.64. The van der Waals surface area contributed by atoms with Gasteiger partial charge in [0, 0.05) is 0 Å². The van der Waals surface area contributed by atoms with E-state index in [1.807, 2.05) is 4.57 Å². The first-order valence-corrected chi connectivity index (χ1v) is 8.60. The monoisotopic (exact) mass is 340 g/mol. The summed E-state index contributed by atoms with van der Waals surface area (Å²) < 4.78 is 17.7. The first-order chi connectivity index (χ1) is 10.7. The van der Waals surface area contributed by atoms with E-state index in [2.05, 4.69) is 21.5 Å². The first kappa shape index (κ1) is 15.9. The van der Waals surface area contributed by atoms with E-state index in [0.29, 0.717) is 16.7 Å². The van der Waals surface area contributed by atoms with Gasteiger partial charge in [-0.2, -0.15) is 9.97 Å². The maximum Gasteiger partial charge on any atom is 0.350 e. The summed E-state index contributed by atoms with van der Waals surface area (Å²) in [5, 5.41) is 0. The van der Waals surface area contributed by atoms with E-state index in [0.717, 1.165) is 12.8 Å². The molecular formula is C12H17N6O4P. The number of imidazole rings is 1. The zero-order valence-electron chi connectivity index (χ0n) is 12.2. The molecule has 2 heterocycles. The average molecular weight is 340 g/mol. The quantitative estimate of drug-likeness (QED) is 0.424. The molecule has 10 nitrogen and oxygen atoms in total. The van der Waals surface area contributed by atoms with Crippen LogP contribution in [0, 0.1) is 0 Å². The summed E-state index contributed by atoms with van der Waals surface area (Å²) in [5.41, 5.74) is 12.6. The van der Waals surface area contributed by atoms with Gasteiger partial charge in [0.25, 0.3) is 0 Å². The van der Waals surface area contributed by atoms with Gasteiger partial charge in [-0.05, 0) is 18.4 Å². The van der Waals surface area contributed by atoms with Crippen LogP contribution < -0.4 is 11.5 Å².